The number of benzene rings is 1. The molecule has 0 bridgehead atoms. The highest BCUT2D eigenvalue weighted by Gasteiger charge is 2.25. The fourth-order valence-corrected chi connectivity index (χ4v) is 3.48. The Morgan fingerprint density at radius 1 is 1.38 bits per heavy atom. The van der Waals surface area contributed by atoms with Crippen LogP contribution in [0.1, 0.15) is 6.92 Å². The van der Waals surface area contributed by atoms with E-state index in [-0.39, 0.29) is 12.3 Å². The van der Waals surface area contributed by atoms with Crippen LogP contribution < -0.4 is 10.0 Å². The first kappa shape index (κ1) is 17.5. The minimum Gasteiger partial charge on any atom is -0.388 e. The van der Waals surface area contributed by atoms with Crippen molar-refractivity contribution in [3.8, 4) is 0 Å². The van der Waals surface area contributed by atoms with Gasteiger partial charge in [-0.2, -0.15) is 0 Å². The molecule has 0 amide bonds. The Hall–Kier alpha value is -1.52. The van der Waals surface area contributed by atoms with Gasteiger partial charge < -0.3 is 5.32 Å². The van der Waals surface area contributed by atoms with E-state index in [9.17, 15) is 22.7 Å². The van der Waals surface area contributed by atoms with Crippen LogP contribution >= 0.6 is 0 Å². The molecule has 0 aliphatic carbocycles. The van der Waals surface area contributed by atoms with Crippen molar-refractivity contribution < 1.29 is 17.6 Å². The molecule has 0 fully saturated rings. The van der Waals surface area contributed by atoms with Gasteiger partial charge >= 0.3 is 0 Å². The third-order valence-corrected chi connectivity index (χ3v) is 5.49. The van der Waals surface area contributed by atoms with Gasteiger partial charge in [0, 0.05) is 47.7 Å². The maximum Gasteiger partial charge on any atom is 0.291 e. The Morgan fingerprint density at radius 3 is 2.57 bits per heavy atom. The first-order valence-corrected chi connectivity index (χ1v) is 9.09. The number of hydrogen-bond donors (Lipinski definition) is 2. The van der Waals surface area contributed by atoms with E-state index in [1.165, 1.54) is 12.1 Å². The average molecular weight is 335 g/mol. The van der Waals surface area contributed by atoms with Crippen molar-refractivity contribution in [2.75, 3.05) is 30.4 Å². The van der Waals surface area contributed by atoms with Crippen LogP contribution in [0.4, 0.5) is 11.4 Å². The van der Waals surface area contributed by atoms with Crippen molar-refractivity contribution >= 4 is 32.2 Å². The average Bonchev–Trinajstić information content (AvgIpc) is 2.45. The summed E-state index contributed by atoms with van der Waals surface area (Å²) in [6.07, 6.45) is 0. The fraction of sp³-hybridized carbons (Fsp3) is 0.455. The molecule has 0 aromatic heterocycles. The smallest absolute Gasteiger partial charge is 0.291 e. The highest BCUT2D eigenvalue weighted by Crippen LogP contribution is 2.26. The van der Waals surface area contributed by atoms with Crippen molar-refractivity contribution in [2.24, 2.45) is 0 Å². The van der Waals surface area contributed by atoms with Crippen LogP contribution in [-0.4, -0.2) is 42.6 Å². The predicted molar refractivity (Wildman–Crippen MR) is 81.4 cm³/mol. The van der Waals surface area contributed by atoms with Crippen molar-refractivity contribution in [3.05, 3.63) is 28.3 Å². The molecule has 2 N–H and O–H groups in total. The summed E-state index contributed by atoms with van der Waals surface area (Å²) in [6.45, 7) is 1.69. The molecule has 21 heavy (non-hydrogen) atoms. The number of nitrogens with zero attached hydrogens (tertiary/aromatic N) is 1. The zero-order valence-electron chi connectivity index (χ0n) is 11.7. The van der Waals surface area contributed by atoms with Gasteiger partial charge in [0.15, 0.2) is 4.90 Å². The summed E-state index contributed by atoms with van der Waals surface area (Å²) in [5, 5.41) is 13.7. The third kappa shape index (κ3) is 4.76. The van der Waals surface area contributed by atoms with Crippen LogP contribution in [0.5, 0.6) is 0 Å². The monoisotopic (exact) mass is 335 g/mol. The lowest BCUT2D eigenvalue weighted by Crippen LogP contribution is -2.28. The maximum atomic E-state index is 12.1. The van der Waals surface area contributed by atoms with Crippen molar-refractivity contribution in [1.29, 1.82) is 0 Å². The molecule has 0 aliphatic rings. The minimum atomic E-state index is -4.02. The summed E-state index contributed by atoms with van der Waals surface area (Å²) in [5.74, 6) is 0.594. The van der Waals surface area contributed by atoms with Crippen LogP contribution in [0.3, 0.4) is 0 Å². The number of nitro benzene ring substituents is 1. The maximum absolute atomic E-state index is 12.1. The number of hydrogen-bond acceptors (Lipinski definition) is 6. The van der Waals surface area contributed by atoms with Crippen molar-refractivity contribution in [3.63, 3.8) is 0 Å². The second kappa shape index (κ2) is 7.48. The van der Waals surface area contributed by atoms with Gasteiger partial charge in [-0.05, 0) is 12.1 Å². The summed E-state index contributed by atoms with van der Waals surface area (Å²) in [6, 6.07) is 3.76. The SMILES string of the molecule is CCS(=O)CCNS(=O)(=O)c1ccc(NC)cc1[N+](=O)[O-]. The molecule has 0 spiro atoms. The summed E-state index contributed by atoms with van der Waals surface area (Å²) in [7, 11) is -3.55. The molecular formula is C11H17N3O5S2. The molecular weight excluding hydrogens is 318 g/mol. The van der Waals surface area contributed by atoms with Crippen molar-refractivity contribution in [1.82, 2.24) is 4.72 Å². The van der Waals surface area contributed by atoms with Crippen LogP contribution in [0.25, 0.3) is 0 Å². The second-order valence-electron chi connectivity index (χ2n) is 4.02. The summed E-state index contributed by atoms with van der Waals surface area (Å²) < 4.78 is 37.7. The van der Waals surface area contributed by atoms with E-state index < -0.39 is 36.3 Å². The molecule has 0 saturated carbocycles. The molecule has 0 radical (unpaired) electrons. The van der Waals surface area contributed by atoms with Gasteiger partial charge in [0.05, 0.1) is 4.92 Å². The standard InChI is InChI=1S/C11H17N3O5S2/c1-3-20(17)7-6-13-21(18,19)11-5-4-9(12-2)8-10(11)14(15)16/h4-5,8,12-13H,3,6-7H2,1-2H3. The Morgan fingerprint density at radius 2 is 2.05 bits per heavy atom. The second-order valence-corrected chi connectivity index (χ2v) is 7.62. The molecule has 1 unspecified atom stereocenters. The third-order valence-electron chi connectivity index (χ3n) is 2.68. The normalized spacial score (nSPS) is 12.9. The lowest BCUT2D eigenvalue weighted by Gasteiger charge is -2.08. The number of nitro groups is 1. The molecule has 1 rings (SSSR count). The van der Waals surface area contributed by atoms with Gasteiger partial charge in [-0.3, -0.25) is 14.3 Å². The number of anilines is 1. The van der Waals surface area contributed by atoms with E-state index in [1.54, 1.807) is 14.0 Å². The highest BCUT2D eigenvalue weighted by atomic mass is 32.2. The lowest BCUT2D eigenvalue weighted by molar-refractivity contribution is -0.387. The quantitative estimate of drug-likeness (QED) is 0.533. The van der Waals surface area contributed by atoms with Gasteiger partial charge in [-0.25, -0.2) is 13.1 Å². The topological polar surface area (TPSA) is 118 Å². The molecule has 1 aromatic carbocycles. The molecule has 0 aliphatic heterocycles. The van der Waals surface area contributed by atoms with E-state index >= 15 is 0 Å². The summed E-state index contributed by atoms with van der Waals surface area (Å²) in [4.78, 5) is 9.84. The van der Waals surface area contributed by atoms with E-state index in [2.05, 4.69) is 10.0 Å². The predicted octanol–water partition coefficient (Wildman–Crippen LogP) is 0.683. The zero-order chi connectivity index (χ0) is 16.0. The van der Waals surface area contributed by atoms with E-state index in [0.29, 0.717) is 11.4 Å². The Balaban J connectivity index is 3.02. The Labute approximate surface area is 125 Å². The van der Waals surface area contributed by atoms with Crippen LogP contribution in [0.2, 0.25) is 0 Å². The lowest BCUT2D eigenvalue weighted by atomic mass is 10.3. The van der Waals surface area contributed by atoms with E-state index in [0.717, 1.165) is 6.07 Å². The van der Waals surface area contributed by atoms with E-state index in [1.807, 2.05) is 0 Å². The fourth-order valence-electron chi connectivity index (χ4n) is 1.55. The molecule has 1 aromatic rings. The summed E-state index contributed by atoms with van der Waals surface area (Å²) in [5.41, 5.74) is -0.0706. The number of sulfonamides is 1. The van der Waals surface area contributed by atoms with Crippen LogP contribution in [0, 0.1) is 10.1 Å². The van der Waals surface area contributed by atoms with Crippen LogP contribution in [0.15, 0.2) is 23.1 Å². The largest absolute Gasteiger partial charge is 0.388 e. The molecule has 10 heteroatoms. The number of rotatable bonds is 8. The van der Waals surface area contributed by atoms with Gasteiger partial charge in [0.1, 0.15) is 0 Å². The zero-order valence-corrected chi connectivity index (χ0v) is 13.3. The van der Waals surface area contributed by atoms with Gasteiger partial charge in [0.25, 0.3) is 5.69 Å². The summed E-state index contributed by atoms with van der Waals surface area (Å²) >= 11 is 0. The Bertz CT molecular complexity index is 645. The first-order valence-electron chi connectivity index (χ1n) is 6.12. The number of nitrogens with one attached hydrogen (secondary N) is 2. The molecule has 118 valence electrons. The first-order chi connectivity index (χ1) is 9.81. The molecule has 0 saturated heterocycles. The van der Waals surface area contributed by atoms with Crippen molar-refractivity contribution in [2.45, 2.75) is 11.8 Å². The molecule has 0 heterocycles. The van der Waals surface area contributed by atoms with Gasteiger partial charge in [-0.1, -0.05) is 6.92 Å². The Kier molecular flexibility index (Phi) is 6.24. The molecule has 8 nitrogen and oxygen atoms in total. The van der Waals surface area contributed by atoms with Gasteiger partial charge in [-0.15, -0.1) is 0 Å². The molecule has 1 atom stereocenters. The van der Waals surface area contributed by atoms with Gasteiger partial charge in [0.2, 0.25) is 10.0 Å². The van der Waals surface area contributed by atoms with E-state index in [4.69, 9.17) is 0 Å². The van der Waals surface area contributed by atoms with Crippen LogP contribution in [-0.2, 0) is 20.8 Å². The highest BCUT2D eigenvalue weighted by molar-refractivity contribution is 7.89. The minimum absolute atomic E-state index is 0.0340.